The largest absolute Gasteiger partial charge is 0.334 e. The number of amides is 2. The molecule has 19 heavy (non-hydrogen) atoms. The Morgan fingerprint density at radius 2 is 2.11 bits per heavy atom. The topological polar surface area (TPSA) is 84.3 Å². The fraction of sp³-hybridized carbons (Fsp3) is 0.417. The van der Waals surface area contributed by atoms with Gasteiger partial charge in [0, 0.05) is 29.6 Å². The Morgan fingerprint density at radius 3 is 2.68 bits per heavy atom. The molecule has 1 aromatic rings. The third kappa shape index (κ3) is 4.13. The van der Waals surface area contributed by atoms with Gasteiger partial charge in [-0.25, -0.2) is 4.79 Å². The highest BCUT2D eigenvalue weighted by atomic mass is 32.2. The summed E-state index contributed by atoms with van der Waals surface area (Å²) in [6.45, 7) is 0. The van der Waals surface area contributed by atoms with Gasteiger partial charge in [0.15, 0.2) is 0 Å². The lowest BCUT2D eigenvalue weighted by Crippen LogP contribution is -2.40. The third-order valence-electron chi connectivity index (χ3n) is 2.83. The van der Waals surface area contributed by atoms with Crippen LogP contribution in [0.4, 0.5) is 16.2 Å². The molecular weight excluding hydrogens is 266 g/mol. The number of anilines is 1. The maximum atomic E-state index is 11.7. The van der Waals surface area contributed by atoms with Crippen LogP contribution in [0.3, 0.4) is 0 Å². The number of rotatable bonds is 3. The van der Waals surface area contributed by atoms with E-state index in [1.807, 2.05) is 11.8 Å². The first-order valence-electron chi connectivity index (χ1n) is 6.05. The van der Waals surface area contributed by atoms with Crippen molar-refractivity contribution in [2.45, 2.75) is 18.9 Å². The third-order valence-corrected chi connectivity index (χ3v) is 4.05. The van der Waals surface area contributed by atoms with Gasteiger partial charge in [-0.15, -0.1) is 0 Å². The van der Waals surface area contributed by atoms with Crippen LogP contribution < -0.4 is 10.6 Å². The second kappa shape index (κ2) is 6.42. The zero-order valence-corrected chi connectivity index (χ0v) is 11.1. The van der Waals surface area contributed by atoms with Gasteiger partial charge in [0.05, 0.1) is 4.92 Å². The SMILES string of the molecule is O=C(Nc1ccc([N+](=O)[O-])cc1)N[C@@H]1CCCSC1. The van der Waals surface area contributed by atoms with Gasteiger partial charge in [0.1, 0.15) is 0 Å². The normalized spacial score (nSPS) is 18.6. The number of hydrogen-bond donors (Lipinski definition) is 2. The van der Waals surface area contributed by atoms with Crippen LogP contribution in [-0.4, -0.2) is 28.5 Å². The van der Waals surface area contributed by atoms with E-state index in [1.165, 1.54) is 24.3 Å². The number of nitrogens with zero attached hydrogens (tertiary/aromatic N) is 1. The number of nitro groups is 1. The number of benzene rings is 1. The van der Waals surface area contributed by atoms with E-state index in [1.54, 1.807) is 0 Å². The van der Waals surface area contributed by atoms with Crippen molar-refractivity contribution in [3.8, 4) is 0 Å². The highest BCUT2D eigenvalue weighted by molar-refractivity contribution is 7.99. The molecular formula is C12H15N3O3S. The van der Waals surface area contributed by atoms with E-state index in [9.17, 15) is 14.9 Å². The average Bonchev–Trinajstić information content (AvgIpc) is 2.40. The molecule has 0 unspecified atom stereocenters. The maximum Gasteiger partial charge on any atom is 0.319 e. The van der Waals surface area contributed by atoms with Crippen molar-refractivity contribution >= 4 is 29.2 Å². The first kappa shape index (κ1) is 13.7. The fourth-order valence-electron chi connectivity index (χ4n) is 1.87. The van der Waals surface area contributed by atoms with Crippen molar-refractivity contribution in [2.75, 3.05) is 16.8 Å². The lowest BCUT2D eigenvalue weighted by molar-refractivity contribution is -0.384. The summed E-state index contributed by atoms with van der Waals surface area (Å²) >= 11 is 1.84. The van der Waals surface area contributed by atoms with Gasteiger partial charge in [-0.05, 0) is 30.7 Å². The Hall–Kier alpha value is -1.76. The minimum atomic E-state index is -0.469. The molecule has 6 nitrogen and oxygen atoms in total. The summed E-state index contributed by atoms with van der Waals surface area (Å²) in [7, 11) is 0. The van der Waals surface area contributed by atoms with Gasteiger partial charge in [0.25, 0.3) is 5.69 Å². The second-order valence-corrected chi connectivity index (χ2v) is 5.47. The van der Waals surface area contributed by atoms with E-state index in [-0.39, 0.29) is 17.8 Å². The van der Waals surface area contributed by atoms with Crippen LogP contribution in [0, 0.1) is 10.1 Å². The number of nitrogens with one attached hydrogen (secondary N) is 2. The van der Waals surface area contributed by atoms with Crippen LogP contribution in [0.25, 0.3) is 0 Å². The zero-order chi connectivity index (χ0) is 13.7. The molecule has 1 heterocycles. The summed E-state index contributed by atoms with van der Waals surface area (Å²) in [5, 5.41) is 16.1. The monoisotopic (exact) mass is 281 g/mol. The molecule has 7 heteroatoms. The summed E-state index contributed by atoms with van der Waals surface area (Å²) in [4.78, 5) is 21.8. The summed E-state index contributed by atoms with van der Waals surface area (Å²) in [5.41, 5.74) is 0.557. The molecule has 102 valence electrons. The molecule has 2 rings (SSSR count). The summed E-state index contributed by atoms with van der Waals surface area (Å²) in [6, 6.07) is 5.72. The standard InChI is InChI=1S/C12H15N3O3S/c16-12(14-10-2-1-7-19-8-10)13-9-3-5-11(6-4-9)15(17)18/h3-6,10H,1-2,7-8H2,(H2,13,14,16)/t10-/m1/s1. The molecule has 1 aromatic carbocycles. The van der Waals surface area contributed by atoms with Crippen molar-refractivity contribution in [2.24, 2.45) is 0 Å². The number of nitro benzene ring substituents is 1. The quantitative estimate of drug-likeness (QED) is 0.659. The van der Waals surface area contributed by atoms with E-state index in [0.717, 1.165) is 24.3 Å². The number of carbonyl (C=O) groups excluding carboxylic acids is 1. The molecule has 1 fully saturated rings. The first-order chi connectivity index (χ1) is 9.15. The highest BCUT2D eigenvalue weighted by Gasteiger charge is 2.16. The van der Waals surface area contributed by atoms with E-state index in [0.29, 0.717) is 5.69 Å². The summed E-state index contributed by atoms with van der Waals surface area (Å²) < 4.78 is 0. The van der Waals surface area contributed by atoms with Crippen LogP contribution >= 0.6 is 11.8 Å². The van der Waals surface area contributed by atoms with Crippen molar-refractivity contribution < 1.29 is 9.72 Å². The molecule has 0 radical (unpaired) electrons. The smallest absolute Gasteiger partial charge is 0.319 e. The predicted octanol–water partition coefficient (Wildman–Crippen LogP) is 2.61. The van der Waals surface area contributed by atoms with Gasteiger partial charge in [0.2, 0.25) is 0 Å². The molecule has 0 spiro atoms. The van der Waals surface area contributed by atoms with Gasteiger partial charge in [-0.2, -0.15) is 11.8 Å². The van der Waals surface area contributed by atoms with Crippen LogP contribution in [-0.2, 0) is 0 Å². The first-order valence-corrected chi connectivity index (χ1v) is 7.20. The van der Waals surface area contributed by atoms with E-state index in [2.05, 4.69) is 10.6 Å². The summed E-state index contributed by atoms with van der Waals surface area (Å²) in [5.74, 6) is 2.09. The number of urea groups is 1. The van der Waals surface area contributed by atoms with E-state index < -0.39 is 4.92 Å². The molecule has 1 atom stereocenters. The fourth-order valence-corrected chi connectivity index (χ4v) is 2.95. The predicted molar refractivity (Wildman–Crippen MR) is 75.6 cm³/mol. The van der Waals surface area contributed by atoms with Crippen LogP contribution in [0.5, 0.6) is 0 Å². The number of hydrogen-bond acceptors (Lipinski definition) is 4. The molecule has 1 aliphatic heterocycles. The molecule has 2 N–H and O–H groups in total. The maximum absolute atomic E-state index is 11.7. The van der Waals surface area contributed by atoms with E-state index >= 15 is 0 Å². The number of non-ortho nitro benzene ring substituents is 1. The number of carbonyl (C=O) groups is 1. The average molecular weight is 281 g/mol. The van der Waals surface area contributed by atoms with Crippen LogP contribution in [0.1, 0.15) is 12.8 Å². The van der Waals surface area contributed by atoms with Gasteiger partial charge >= 0.3 is 6.03 Å². The van der Waals surface area contributed by atoms with Crippen molar-refractivity contribution in [1.29, 1.82) is 0 Å². The Balaban J connectivity index is 1.85. The van der Waals surface area contributed by atoms with Gasteiger partial charge in [-0.1, -0.05) is 0 Å². The van der Waals surface area contributed by atoms with Gasteiger partial charge in [-0.3, -0.25) is 10.1 Å². The summed E-state index contributed by atoms with van der Waals surface area (Å²) in [6.07, 6.45) is 2.12. The van der Waals surface area contributed by atoms with Crippen molar-refractivity contribution in [1.82, 2.24) is 5.32 Å². The number of thioether (sulfide) groups is 1. The molecule has 0 aliphatic carbocycles. The molecule has 1 saturated heterocycles. The Morgan fingerprint density at radius 1 is 1.37 bits per heavy atom. The Kier molecular flexibility index (Phi) is 4.62. The highest BCUT2D eigenvalue weighted by Crippen LogP contribution is 2.18. The molecule has 1 aliphatic rings. The van der Waals surface area contributed by atoms with Crippen molar-refractivity contribution in [3.05, 3.63) is 34.4 Å². The minimum absolute atomic E-state index is 0.00892. The van der Waals surface area contributed by atoms with E-state index in [4.69, 9.17) is 0 Å². The molecule has 0 aromatic heterocycles. The second-order valence-electron chi connectivity index (χ2n) is 4.32. The zero-order valence-electron chi connectivity index (χ0n) is 10.3. The Labute approximate surface area is 115 Å². The lowest BCUT2D eigenvalue weighted by Gasteiger charge is -2.22. The lowest BCUT2D eigenvalue weighted by atomic mass is 10.2. The molecule has 0 bridgehead atoms. The van der Waals surface area contributed by atoms with Crippen molar-refractivity contribution in [3.63, 3.8) is 0 Å². The molecule has 0 saturated carbocycles. The van der Waals surface area contributed by atoms with Gasteiger partial charge < -0.3 is 10.6 Å². The van der Waals surface area contributed by atoms with Crippen LogP contribution in [0.2, 0.25) is 0 Å². The Bertz CT molecular complexity index is 458. The molecule has 2 amide bonds. The minimum Gasteiger partial charge on any atom is -0.334 e. The van der Waals surface area contributed by atoms with Crippen LogP contribution in [0.15, 0.2) is 24.3 Å².